The number of aromatic nitrogens is 1. The van der Waals surface area contributed by atoms with Gasteiger partial charge in [-0.2, -0.15) is 0 Å². The molecule has 2 nitrogen and oxygen atoms in total. The van der Waals surface area contributed by atoms with Crippen molar-refractivity contribution in [2.75, 3.05) is 19.0 Å². The van der Waals surface area contributed by atoms with Crippen LogP contribution >= 0.6 is 0 Å². The van der Waals surface area contributed by atoms with Crippen molar-refractivity contribution < 1.29 is 0 Å². The first-order valence-electron chi connectivity index (χ1n) is 7.44. The second-order valence-electron chi connectivity index (χ2n) is 5.74. The third kappa shape index (κ3) is 3.01. The second kappa shape index (κ2) is 6.02. The molecule has 1 aromatic heterocycles. The fraction of sp³-hybridized carbons (Fsp3) is 0.150. The molecule has 2 aromatic carbocycles. The van der Waals surface area contributed by atoms with Crippen molar-refractivity contribution in [3.05, 3.63) is 71.4 Å². The topological polar surface area (TPSA) is 16.1 Å². The zero-order chi connectivity index (χ0) is 15.5. The molecule has 0 N–H and O–H groups in total. The van der Waals surface area contributed by atoms with Crippen LogP contribution in [0.5, 0.6) is 0 Å². The highest BCUT2D eigenvalue weighted by molar-refractivity contribution is 5.90. The molecule has 0 unspecified atom stereocenters. The minimum Gasteiger partial charge on any atom is -0.378 e. The molecule has 0 bridgehead atoms. The van der Waals surface area contributed by atoms with E-state index < -0.39 is 0 Å². The number of hydrogen-bond acceptors (Lipinski definition) is 2. The van der Waals surface area contributed by atoms with Crippen LogP contribution in [-0.2, 0) is 0 Å². The number of fused-ring (bicyclic) bond motifs is 1. The molecule has 3 rings (SSSR count). The first kappa shape index (κ1) is 14.3. The normalized spacial score (nSPS) is 11.2. The predicted octanol–water partition coefficient (Wildman–Crippen LogP) is 4.78. The summed E-state index contributed by atoms with van der Waals surface area (Å²) in [5.41, 5.74) is 5.90. The molecule has 0 aliphatic rings. The van der Waals surface area contributed by atoms with E-state index in [1.165, 1.54) is 27.8 Å². The summed E-state index contributed by atoms with van der Waals surface area (Å²) in [6, 6.07) is 17.0. The highest BCUT2D eigenvalue weighted by atomic mass is 15.1. The fourth-order valence-corrected chi connectivity index (χ4v) is 2.50. The van der Waals surface area contributed by atoms with Gasteiger partial charge in [-0.05, 0) is 48.4 Å². The van der Waals surface area contributed by atoms with Crippen LogP contribution in [0.15, 0.2) is 54.7 Å². The average molecular weight is 288 g/mol. The van der Waals surface area contributed by atoms with Gasteiger partial charge < -0.3 is 4.90 Å². The molecular weight excluding hydrogens is 268 g/mol. The van der Waals surface area contributed by atoms with Crippen LogP contribution in [0.2, 0.25) is 0 Å². The summed E-state index contributed by atoms with van der Waals surface area (Å²) in [6.07, 6.45) is 6.18. The van der Waals surface area contributed by atoms with Crippen molar-refractivity contribution in [2.24, 2.45) is 0 Å². The molecule has 0 atom stereocenters. The van der Waals surface area contributed by atoms with Gasteiger partial charge in [0.25, 0.3) is 0 Å². The Hall–Kier alpha value is -2.61. The van der Waals surface area contributed by atoms with Crippen molar-refractivity contribution in [1.82, 2.24) is 4.98 Å². The van der Waals surface area contributed by atoms with E-state index in [9.17, 15) is 0 Å². The van der Waals surface area contributed by atoms with Gasteiger partial charge in [-0.1, -0.05) is 35.9 Å². The molecule has 0 aliphatic carbocycles. The lowest BCUT2D eigenvalue weighted by molar-refractivity contribution is 1.13. The fourth-order valence-electron chi connectivity index (χ4n) is 2.50. The Morgan fingerprint density at radius 3 is 2.41 bits per heavy atom. The Labute approximate surface area is 131 Å². The molecule has 0 aliphatic heterocycles. The zero-order valence-corrected chi connectivity index (χ0v) is 13.2. The molecule has 0 saturated heterocycles. The van der Waals surface area contributed by atoms with Crippen molar-refractivity contribution >= 4 is 28.7 Å². The third-order valence-corrected chi connectivity index (χ3v) is 3.80. The average Bonchev–Trinajstić information content (AvgIpc) is 2.53. The highest BCUT2D eigenvalue weighted by Gasteiger charge is 2.00. The van der Waals surface area contributed by atoms with Crippen LogP contribution in [0, 0.1) is 6.92 Å². The maximum absolute atomic E-state index is 4.43. The molecule has 0 spiro atoms. The summed E-state index contributed by atoms with van der Waals surface area (Å²) >= 11 is 0. The van der Waals surface area contributed by atoms with Crippen molar-refractivity contribution in [2.45, 2.75) is 6.92 Å². The molecule has 3 aromatic rings. The Bertz CT molecular complexity index is 815. The lowest BCUT2D eigenvalue weighted by Gasteiger charge is -2.11. The summed E-state index contributed by atoms with van der Waals surface area (Å²) in [5, 5.41) is 1.20. The smallest absolute Gasteiger partial charge is 0.0708 e. The lowest BCUT2D eigenvalue weighted by atomic mass is 10.1. The van der Waals surface area contributed by atoms with Gasteiger partial charge in [0.1, 0.15) is 0 Å². The summed E-state index contributed by atoms with van der Waals surface area (Å²) in [7, 11) is 4.10. The third-order valence-electron chi connectivity index (χ3n) is 3.80. The van der Waals surface area contributed by atoms with E-state index in [0.29, 0.717) is 0 Å². The van der Waals surface area contributed by atoms with Crippen LogP contribution < -0.4 is 4.90 Å². The number of nitrogens with zero attached hydrogens (tertiary/aromatic N) is 2. The molecule has 1 heterocycles. The molecular formula is C20H20N2. The van der Waals surface area contributed by atoms with Gasteiger partial charge in [0.15, 0.2) is 0 Å². The Morgan fingerprint density at radius 1 is 0.909 bits per heavy atom. The molecule has 0 fully saturated rings. The van der Waals surface area contributed by atoms with E-state index in [0.717, 1.165) is 5.52 Å². The van der Waals surface area contributed by atoms with E-state index in [4.69, 9.17) is 0 Å². The van der Waals surface area contributed by atoms with Crippen LogP contribution in [0.4, 0.5) is 5.69 Å². The molecule has 0 radical (unpaired) electrons. The Kier molecular flexibility index (Phi) is 3.92. The maximum atomic E-state index is 4.43. The highest BCUT2D eigenvalue weighted by Crippen LogP contribution is 2.21. The number of pyridine rings is 1. The summed E-state index contributed by atoms with van der Waals surface area (Å²) < 4.78 is 0. The second-order valence-corrected chi connectivity index (χ2v) is 5.74. The lowest BCUT2D eigenvalue weighted by Crippen LogP contribution is -2.07. The van der Waals surface area contributed by atoms with Gasteiger partial charge in [-0.15, -0.1) is 0 Å². The van der Waals surface area contributed by atoms with E-state index in [-0.39, 0.29) is 0 Å². The van der Waals surface area contributed by atoms with Gasteiger partial charge in [0.05, 0.1) is 5.52 Å². The minimum atomic E-state index is 1.04. The minimum absolute atomic E-state index is 1.04. The first-order valence-corrected chi connectivity index (χ1v) is 7.44. The van der Waals surface area contributed by atoms with Crippen LogP contribution in [-0.4, -0.2) is 19.1 Å². The summed E-state index contributed by atoms with van der Waals surface area (Å²) in [6.45, 7) is 2.11. The van der Waals surface area contributed by atoms with Crippen LogP contribution in [0.3, 0.4) is 0 Å². The molecule has 0 amide bonds. The van der Waals surface area contributed by atoms with Gasteiger partial charge in [-0.25, -0.2) is 0 Å². The maximum Gasteiger partial charge on any atom is 0.0708 e. The van der Waals surface area contributed by atoms with Crippen molar-refractivity contribution in [1.29, 1.82) is 0 Å². The van der Waals surface area contributed by atoms with E-state index in [2.05, 4.69) is 91.6 Å². The van der Waals surface area contributed by atoms with Gasteiger partial charge in [-0.3, -0.25) is 4.98 Å². The van der Waals surface area contributed by atoms with Gasteiger partial charge >= 0.3 is 0 Å². The van der Waals surface area contributed by atoms with Crippen LogP contribution in [0.25, 0.3) is 23.1 Å². The van der Waals surface area contributed by atoms with E-state index in [1.807, 2.05) is 6.20 Å². The largest absolute Gasteiger partial charge is 0.378 e. The van der Waals surface area contributed by atoms with E-state index >= 15 is 0 Å². The van der Waals surface area contributed by atoms with Crippen molar-refractivity contribution in [3.63, 3.8) is 0 Å². The van der Waals surface area contributed by atoms with E-state index in [1.54, 1.807) is 0 Å². The number of rotatable bonds is 3. The number of hydrogen-bond donors (Lipinski definition) is 0. The quantitative estimate of drug-likeness (QED) is 0.689. The Morgan fingerprint density at radius 2 is 1.68 bits per heavy atom. The standard InChI is InChI=1S/C20H20N2/c1-15-4-11-20-19(14-15)17(12-13-21-20)8-5-16-6-9-18(10-7-16)22(2)3/h4-14H,1-3H3/b8-5-. The molecule has 22 heavy (non-hydrogen) atoms. The predicted molar refractivity (Wildman–Crippen MR) is 96.2 cm³/mol. The number of benzene rings is 2. The SMILES string of the molecule is Cc1ccc2nccc(/C=C\c3ccc(N(C)C)cc3)c2c1. The number of aryl methyl sites for hydroxylation is 1. The first-order chi connectivity index (χ1) is 10.6. The summed E-state index contributed by atoms with van der Waals surface area (Å²) in [4.78, 5) is 6.53. The monoisotopic (exact) mass is 288 g/mol. The molecule has 2 heteroatoms. The molecule has 0 saturated carbocycles. The summed E-state index contributed by atoms with van der Waals surface area (Å²) in [5.74, 6) is 0. The Balaban J connectivity index is 1.93. The van der Waals surface area contributed by atoms with Crippen LogP contribution in [0.1, 0.15) is 16.7 Å². The zero-order valence-electron chi connectivity index (χ0n) is 13.2. The van der Waals surface area contributed by atoms with Gasteiger partial charge in [0.2, 0.25) is 0 Å². The van der Waals surface area contributed by atoms with Crippen molar-refractivity contribution in [3.8, 4) is 0 Å². The number of anilines is 1. The van der Waals surface area contributed by atoms with Gasteiger partial charge in [0, 0.05) is 31.4 Å². The molecule has 110 valence electrons.